The van der Waals surface area contributed by atoms with Crippen LogP contribution in [0.15, 0.2) is 24.3 Å². The molecule has 0 aliphatic heterocycles. The molecule has 0 unspecified atom stereocenters. The normalized spacial score (nSPS) is 9.78. The van der Waals surface area contributed by atoms with E-state index in [1.54, 1.807) is 25.1 Å². The van der Waals surface area contributed by atoms with Crippen molar-refractivity contribution < 1.29 is 26.8 Å². The Bertz CT molecular complexity index is 439. The number of carbonyl (C=O) groups is 1. The predicted octanol–water partition coefficient (Wildman–Crippen LogP) is 3.65. The van der Waals surface area contributed by atoms with Crippen molar-refractivity contribution in [3.8, 4) is 0 Å². The molecule has 0 saturated heterocycles. The summed E-state index contributed by atoms with van der Waals surface area (Å²) < 4.78 is 43.8. The first-order valence-electron chi connectivity index (χ1n) is 4.78. The highest BCUT2D eigenvalue weighted by Crippen LogP contribution is 2.18. The maximum atomic E-state index is 11.2. The van der Waals surface area contributed by atoms with Gasteiger partial charge < -0.3 is 22.0 Å². The fourth-order valence-electron chi connectivity index (χ4n) is 0.942. The summed E-state index contributed by atoms with van der Waals surface area (Å²) >= 11 is 0. The van der Waals surface area contributed by atoms with Gasteiger partial charge in [-0.15, -0.1) is 0 Å². The number of carbonyl (C=O) groups excluding carboxylic acids is 1. The fourth-order valence-corrected chi connectivity index (χ4v) is 0.942. The Morgan fingerprint density at radius 2 is 1.83 bits per heavy atom. The van der Waals surface area contributed by atoms with Crippen LogP contribution in [-0.2, 0) is 4.74 Å². The van der Waals surface area contributed by atoms with E-state index >= 15 is 0 Å². The lowest BCUT2D eigenvalue weighted by Crippen LogP contribution is -2.04. The smallest absolute Gasteiger partial charge is 0.462 e. The predicted molar refractivity (Wildman–Crippen MR) is 57.3 cm³/mol. The van der Waals surface area contributed by atoms with Crippen molar-refractivity contribution in [1.29, 1.82) is 5.39 Å². The summed E-state index contributed by atoms with van der Waals surface area (Å²) in [5.41, 5.74) is 0.493. The van der Waals surface area contributed by atoms with Crippen LogP contribution in [-0.4, -0.2) is 19.8 Å². The van der Waals surface area contributed by atoms with Gasteiger partial charge in [-0.25, -0.2) is 4.79 Å². The third kappa shape index (κ3) is 7.21. The Labute approximate surface area is 100 Å². The minimum absolute atomic E-state index is 0.223. The molecule has 0 aliphatic carbocycles. The van der Waals surface area contributed by atoms with Crippen molar-refractivity contribution in [1.82, 2.24) is 0 Å². The molecule has 4 nitrogen and oxygen atoms in total. The highest BCUT2D eigenvalue weighted by Gasteiger charge is 2.21. The molecule has 0 atom stereocenters. The maximum Gasteiger partial charge on any atom is 0.673 e. The molecule has 0 N–H and O–H groups in total. The van der Waals surface area contributed by atoms with Gasteiger partial charge in [0, 0.05) is 6.07 Å². The summed E-state index contributed by atoms with van der Waals surface area (Å²) in [7, 11) is -6.00. The van der Waals surface area contributed by atoms with Crippen LogP contribution in [0.3, 0.4) is 0 Å². The van der Waals surface area contributed by atoms with E-state index in [2.05, 4.69) is 4.98 Å². The van der Waals surface area contributed by atoms with Crippen molar-refractivity contribution in [3.05, 3.63) is 34.8 Å². The SMILES string of the molecule is CCOC(=O)c1ccccc1[N+]#N.F[B-](F)(F)F. The van der Waals surface area contributed by atoms with E-state index in [4.69, 9.17) is 10.1 Å². The molecule has 0 aromatic heterocycles. The molecule has 0 aliphatic rings. The molecule has 0 saturated carbocycles. The van der Waals surface area contributed by atoms with E-state index < -0.39 is 13.2 Å². The van der Waals surface area contributed by atoms with Gasteiger partial charge in [0.15, 0.2) is 10.5 Å². The number of nitrogens with zero attached hydrogens (tertiary/aromatic N) is 2. The summed E-state index contributed by atoms with van der Waals surface area (Å²) in [5, 5.41) is 8.55. The fraction of sp³-hybridized carbons (Fsp3) is 0.222. The first kappa shape index (κ1) is 15.9. The lowest BCUT2D eigenvalue weighted by molar-refractivity contribution is 0.0527. The minimum atomic E-state index is -6.00. The van der Waals surface area contributed by atoms with Gasteiger partial charge in [0.1, 0.15) is 0 Å². The second kappa shape index (κ2) is 7.27. The molecule has 1 aromatic carbocycles. The molecular weight excluding hydrogens is 255 g/mol. The molecule has 1 aromatic rings. The Morgan fingerprint density at radius 1 is 1.33 bits per heavy atom. The molecule has 0 radical (unpaired) electrons. The molecule has 98 valence electrons. The first-order valence-corrected chi connectivity index (χ1v) is 4.78. The zero-order chi connectivity index (χ0) is 14.2. The zero-order valence-electron chi connectivity index (χ0n) is 9.32. The van der Waals surface area contributed by atoms with E-state index in [0.717, 1.165) is 0 Å². The lowest BCUT2D eigenvalue weighted by atomic mass is 10.2. The first-order chi connectivity index (χ1) is 8.29. The summed E-state index contributed by atoms with van der Waals surface area (Å²) in [4.78, 5) is 14.2. The van der Waals surface area contributed by atoms with Gasteiger partial charge in [0.2, 0.25) is 5.39 Å². The van der Waals surface area contributed by atoms with Crippen LogP contribution in [0.4, 0.5) is 23.0 Å². The van der Waals surface area contributed by atoms with Crippen LogP contribution < -0.4 is 0 Å². The Hall–Kier alpha value is -2.11. The van der Waals surface area contributed by atoms with Crippen molar-refractivity contribution >= 4 is 18.9 Å². The molecule has 0 fully saturated rings. The molecule has 0 heterocycles. The monoisotopic (exact) mass is 264 g/mol. The largest absolute Gasteiger partial charge is 0.673 e. The number of diazo groups is 1. The molecule has 9 heteroatoms. The topological polar surface area (TPSA) is 54.5 Å². The van der Waals surface area contributed by atoms with Crippen molar-refractivity contribution in [2.24, 2.45) is 0 Å². The number of ether oxygens (including phenoxy) is 1. The van der Waals surface area contributed by atoms with Gasteiger partial charge in [-0.2, -0.15) is 0 Å². The van der Waals surface area contributed by atoms with Crippen LogP contribution in [0, 0.1) is 5.39 Å². The number of hydrogen-bond acceptors (Lipinski definition) is 3. The minimum Gasteiger partial charge on any atom is -0.462 e. The van der Waals surface area contributed by atoms with Crippen LogP contribution in [0.2, 0.25) is 0 Å². The van der Waals surface area contributed by atoms with E-state index in [9.17, 15) is 22.1 Å². The van der Waals surface area contributed by atoms with Gasteiger partial charge in [-0.05, 0) is 13.0 Å². The van der Waals surface area contributed by atoms with E-state index in [1.807, 2.05) is 0 Å². The summed E-state index contributed by atoms with van der Waals surface area (Å²) in [5.74, 6) is -0.476. The number of halogens is 4. The Balaban J connectivity index is 0.000000494. The Kier molecular flexibility index (Phi) is 6.42. The van der Waals surface area contributed by atoms with Crippen LogP contribution in [0.1, 0.15) is 17.3 Å². The van der Waals surface area contributed by atoms with Gasteiger partial charge in [0.05, 0.1) is 6.61 Å². The average molecular weight is 264 g/mol. The van der Waals surface area contributed by atoms with Gasteiger partial charge >= 0.3 is 18.9 Å². The van der Waals surface area contributed by atoms with Crippen LogP contribution in [0.5, 0.6) is 0 Å². The highest BCUT2D eigenvalue weighted by molar-refractivity contribution is 6.50. The molecule has 0 bridgehead atoms. The number of benzene rings is 1. The summed E-state index contributed by atoms with van der Waals surface area (Å²) in [6.45, 7) is 2.02. The lowest BCUT2D eigenvalue weighted by Gasteiger charge is -1.97. The van der Waals surface area contributed by atoms with Crippen molar-refractivity contribution in [2.45, 2.75) is 6.92 Å². The molecule has 1 rings (SSSR count). The van der Waals surface area contributed by atoms with Crippen molar-refractivity contribution in [3.63, 3.8) is 0 Å². The average Bonchev–Trinajstić information content (AvgIpc) is 2.27. The number of esters is 1. The third-order valence-electron chi connectivity index (χ3n) is 1.51. The summed E-state index contributed by atoms with van der Waals surface area (Å²) in [6.07, 6.45) is 0. The second-order valence-electron chi connectivity index (χ2n) is 2.83. The number of hydrogen-bond donors (Lipinski definition) is 0. The third-order valence-corrected chi connectivity index (χ3v) is 1.51. The quantitative estimate of drug-likeness (QED) is 0.354. The molecule has 18 heavy (non-hydrogen) atoms. The zero-order valence-corrected chi connectivity index (χ0v) is 9.32. The standard InChI is InChI=1S/C9H9N2O2.BF4/c1-2-13-9(12)7-5-3-4-6-8(7)11-10;2-1(3,4)5/h3-6H,2H2,1H3;/q+1;-1. The van der Waals surface area contributed by atoms with E-state index in [0.29, 0.717) is 6.61 Å². The second-order valence-corrected chi connectivity index (χ2v) is 2.83. The number of rotatable bonds is 2. The Morgan fingerprint density at radius 3 is 2.28 bits per heavy atom. The molecule has 0 spiro atoms. The van der Waals surface area contributed by atoms with E-state index in [1.165, 1.54) is 6.07 Å². The van der Waals surface area contributed by atoms with Crippen LogP contribution in [0.25, 0.3) is 4.98 Å². The van der Waals surface area contributed by atoms with Crippen molar-refractivity contribution in [2.75, 3.05) is 6.61 Å². The van der Waals surface area contributed by atoms with Gasteiger partial charge in [-0.3, -0.25) is 0 Å². The van der Waals surface area contributed by atoms with Crippen LogP contribution >= 0.6 is 0 Å². The van der Waals surface area contributed by atoms with Gasteiger partial charge in [-0.1, -0.05) is 12.1 Å². The molecule has 0 amide bonds. The summed E-state index contributed by atoms with van der Waals surface area (Å²) in [6, 6.07) is 6.44. The molecular formula is C9H9BF4N2O2. The maximum absolute atomic E-state index is 11.2. The highest BCUT2D eigenvalue weighted by atomic mass is 19.5. The van der Waals surface area contributed by atoms with Gasteiger partial charge in [0.25, 0.3) is 0 Å². The van der Waals surface area contributed by atoms with E-state index in [-0.39, 0.29) is 11.3 Å².